The van der Waals surface area contributed by atoms with Crippen LogP contribution < -0.4 is 4.74 Å². The topological polar surface area (TPSA) is 54.6 Å². The third kappa shape index (κ3) is 2.77. The number of carbonyl (C=O) groups is 1. The fourth-order valence-corrected chi connectivity index (χ4v) is 4.02. The van der Waals surface area contributed by atoms with Crippen molar-refractivity contribution in [2.45, 2.75) is 25.7 Å². The molecule has 4 rings (SSSR count). The van der Waals surface area contributed by atoms with Crippen LogP contribution in [0.4, 0.5) is 0 Å². The van der Waals surface area contributed by atoms with Gasteiger partial charge >= 0.3 is 0 Å². The number of hydrogen-bond donors (Lipinski definition) is 1. The highest BCUT2D eigenvalue weighted by atomic mass is 16.5. The van der Waals surface area contributed by atoms with E-state index in [1.165, 1.54) is 10.9 Å². The van der Waals surface area contributed by atoms with Gasteiger partial charge in [-0.2, -0.15) is 0 Å². The van der Waals surface area contributed by atoms with Gasteiger partial charge in [0.05, 0.1) is 13.7 Å². The minimum Gasteiger partial charge on any atom is -0.497 e. The van der Waals surface area contributed by atoms with Crippen molar-refractivity contribution in [2.24, 2.45) is 5.41 Å². The minimum absolute atomic E-state index is 0.206. The molecule has 1 aromatic carbocycles. The van der Waals surface area contributed by atoms with E-state index in [9.17, 15) is 4.79 Å². The molecule has 2 aliphatic rings. The molecule has 2 fully saturated rings. The number of piperidine rings is 1. The molecule has 0 saturated carbocycles. The zero-order valence-corrected chi connectivity index (χ0v) is 14.1. The maximum absolute atomic E-state index is 12.3. The number of H-pyrrole nitrogens is 1. The summed E-state index contributed by atoms with van der Waals surface area (Å²) in [6.07, 6.45) is 5.63. The van der Waals surface area contributed by atoms with E-state index in [-0.39, 0.29) is 11.3 Å². The molecule has 3 heterocycles. The molecule has 0 aliphatic carbocycles. The molecule has 24 heavy (non-hydrogen) atoms. The van der Waals surface area contributed by atoms with Crippen molar-refractivity contribution in [3.63, 3.8) is 0 Å². The highest BCUT2D eigenvalue weighted by Crippen LogP contribution is 2.38. The number of methoxy groups -OCH3 is 1. The first-order valence-electron chi connectivity index (χ1n) is 8.69. The van der Waals surface area contributed by atoms with Crippen LogP contribution in [0.3, 0.4) is 0 Å². The molecule has 2 aliphatic heterocycles. The first kappa shape index (κ1) is 15.5. The van der Waals surface area contributed by atoms with Crippen molar-refractivity contribution in [3.05, 3.63) is 30.0 Å². The molecule has 1 amide bonds. The zero-order valence-electron chi connectivity index (χ0n) is 14.1. The number of nitrogens with zero attached hydrogens (tertiary/aromatic N) is 1. The second kappa shape index (κ2) is 6.13. The number of ether oxygens (including phenoxy) is 2. The third-order valence-electron chi connectivity index (χ3n) is 5.56. The predicted molar refractivity (Wildman–Crippen MR) is 92.2 cm³/mol. The number of benzene rings is 1. The number of fused-ring (bicyclic) bond motifs is 1. The quantitative estimate of drug-likeness (QED) is 0.939. The number of aromatic amines is 1. The Morgan fingerprint density at radius 1 is 1.38 bits per heavy atom. The Morgan fingerprint density at radius 3 is 3.08 bits per heavy atom. The number of nitrogens with one attached hydrogen (secondary N) is 1. The Hall–Kier alpha value is -2.01. The standard InChI is InChI=1S/C19H24N2O3/c1-23-15-2-3-17-16(10-15)14(11-20-17)5-8-21-12-19(6-4-18(21)22)7-9-24-13-19/h2-3,10-11,20H,4-9,12-13H2,1H3. The Balaban J connectivity index is 1.48. The molecule has 5 nitrogen and oxygen atoms in total. The molecule has 1 spiro atoms. The molecule has 128 valence electrons. The average Bonchev–Trinajstić information content (AvgIpc) is 3.22. The van der Waals surface area contributed by atoms with E-state index < -0.39 is 0 Å². The van der Waals surface area contributed by atoms with Gasteiger partial charge in [-0.1, -0.05) is 0 Å². The smallest absolute Gasteiger partial charge is 0.222 e. The minimum atomic E-state index is 0.206. The van der Waals surface area contributed by atoms with Gasteiger partial charge in [0.25, 0.3) is 0 Å². The Morgan fingerprint density at radius 2 is 2.29 bits per heavy atom. The summed E-state index contributed by atoms with van der Waals surface area (Å²) >= 11 is 0. The van der Waals surface area contributed by atoms with Gasteiger partial charge in [0, 0.05) is 48.6 Å². The van der Waals surface area contributed by atoms with Gasteiger partial charge in [-0.3, -0.25) is 4.79 Å². The third-order valence-corrected chi connectivity index (χ3v) is 5.56. The van der Waals surface area contributed by atoms with Crippen LogP contribution in [0.15, 0.2) is 24.4 Å². The monoisotopic (exact) mass is 328 g/mol. The van der Waals surface area contributed by atoms with Crippen molar-refractivity contribution < 1.29 is 14.3 Å². The number of carbonyl (C=O) groups excluding carboxylic acids is 1. The highest BCUT2D eigenvalue weighted by Gasteiger charge is 2.41. The number of aromatic nitrogens is 1. The molecular weight excluding hydrogens is 304 g/mol. The summed E-state index contributed by atoms with van der Waals surface area (Å²) in [6, 6.07) is 6.06. The summed E-state index contributed by atoms with van der Waals surface area (Å²) < 4.78 is 10.9. The molecule has 2 aromatic rings. The van der Waals surface area contributed by atoms with Gasteiger partial charge in [-0.25, -0.2) is 0 Å². The summed E-state index contributed by atoms with van der Waals surface area (Å²) in [6.45, 7) is 3.26. The van der Waals surface area contributed by atoms with E-state index in [0.29, 0.717) is 6.42 Å². The Labute approximate surface area is 141 Å². The summed E-state index contributed by atoms with van der Waals surface area (Å²) in [4.78, 5) is 17.7. The van der Waals surface area contributed by atoms with Gasteiger partial charge < -0.3 is 19.4 Å². The molecule has 0 bridgehead atoms. The maximum Gasteiger partial charge on any atom is 0.222 e. The molecular formula is C19H24N2O3. The van der Waals surface area contributed by atoms with E-state index in [2.05, 4.69) is 11.1 Å². The van der Waals surface area contributed by atoms with E-state index >= 15 is 0 Å². The van der Waals surface area contributed by atoms with E-state index in [4.69, 9.17) is 9.47 Å². The summed E-state index contributed by atoms with van der Waals surface area (Å²) in [5.74, 6) is 1.14. The van der Waals surface area contributed by atoms with Crippen LogP contribution in [-0.4, -0.2) is 49.2 Å². The van der Waals surface area contributed by atoms with Crippen molar-refractivity contribution in [3.8, 4) is 5.75 Å². The summed E-state index contributed by atoms with van der Waals surface area (Å²) in [7, 11) is 1.68. The lowest BCUT2D eigenvalue weighted by Gasteiger charge is -2.39. The van der Waals surface area contributed by atoms with E-state index in [1.54, 1.807) is 7.11 Å². The van der Waals surface area contributed by atoms with Crippen LogP contribution in [-0.2, 0) is 16.0 Å². The first-order valence-corrected chi connectivity index (χ1v) is 8.69. The number of amides is 1. The number of rotatable bonds is 4. The van der Waals surface area contributed by atoms with Gasteiger partial charge in [0.1, 0.15) is 5.75 Å². The number of likely N-dealkylation sites (tertiary alicyclic amines) is 1. The second-order valence-electron chi connectivity index (χ2n) is 7.09. The molecule has 0 radical (unpaired) electrons. The molecule has 1 atom stereocenters. The highest BCUT2D eigenvalue weighted by molar-refractivity contribution is 5.84. The molecule has 2 saturated heterocycles. The lowest BCUT2D eigenvalue weighted by Crippen LogP contribution is -2.47. The van der Waals surface area contributed by atoms with Crippen LogP contribution in [0.25, 0.3) is 10.9 Å². The molecule has 1 N–H and O–H groups in total. The van der Waals surface area contributed by atoms with Gasteiger partial charge in [0.2, 0.25) is 5.91 Å². The zero-order chi connectivity index (χ0) is 16.6. The van der Waals surface area contributed by atoms with Crippen LogP contribution in [0, 0.1) is 5.41 Å². The van der Waals surface area contributed by atoms with Crippen LogP contribution in [0.5, 0.6) is 5.75 Å². The van der Waals surface area contributed by atoms with Crippen molar-refractivity contribution in [2.75, 3.05) is 33.4 Å². The van der Waals surface area contributed by atoms with Crippen LogP contribution >= 0.6 is 0 Å². The van der Waals surface area contributed by atoms with Crippen LogP contribution in [0.2, 0.25) is 0 Å². The maximum atomic E-state index is 12.3. The Bertz CT molecular complexity index is 746. The SMILES string of the molecule is COc1ccc2[nH]cc(CCN3CC4(CCOC4)CCC3=O)c2c1. The van der Waals surface area contributed by atoms with Crippen LogP contribution in [0.1, 0.15) is 24.8 Å². The normalized spacial score (nSPS) is 24.2. The van der Waals surface area contributed by atoms with Gasteiger partial charge in [0.15, 0.2) is 0 Å². The second-order valence-corrected chi connectivity index (χ2v) is 7.09. The summed E-state index contributed by atoms with van der Waals surface area (Å²) in [5, 5.41) is 1.18. The van der Waals surface area contributed by atoms with Crippen molar-refractivity contribution in [1.29, 1.82) is 0 Å². The van der Waals surface area contributed by atoms with Crippen molar-refractivity contribution in [1.82, 2.24) is 9.88 Å². The largest absolute Gasteiger partial charge is 0.497 e. The molecule has 5 heteroatoms. The lowest BCUT2D eigenvalue weighted by atomic mass is 9.79. The summed E-state index contributed by atoms with van der Waals surface area (Å²) in [5.41, 5.74) is 2.55. The average molecular weight is 328 g/mol. The van der Waals surface area contributed by atoms with E-state index in [0.717, 1.165) is 56.8 Å². The van der Waals surface area contributed by atoms with Gasteiger partial charge in [-0.15, -0.1) is 0 Å². The van der Waals surface area contributed by atoms with Gasteiger partial charge in [-0.05, 0) is 43.0 Å². The molecule has 1 unspecified atom stereocenters. The fraction of sp³-hybridized carbons (Fsp3) is 0.526. The molecule has 1 aromatic heterocycles. The number of hydrogen-bond acceptors (Lipinski definition) is 3. The van der Waals surface area contributed by atoms with E-state index in [1.807, 2.05) is 23.2 Å². The Kier molecular flexibility index (Phi) is 3.96. The first-order chi connectivity index (χ1) is 11.7. The van der Waals surface area contributed by atoms with Crippen molar-refractivity contribution >= 4 is 16.8 Å². The lowest BCUT2D eigenvalue weighted by molar-refractivity contribution is -0.137. The predicted octanol–water partition coefficient (Wildman–Crippen LogP) is 2.75. The fourth-order valence-electron chi connectivity index (χ4n) is 4.02.